The summed E-state index contributed by atoms with van der Waals surface area (Å²) in [6, 6.07) is 0. The van der Waals surface area contributed by atoms with Crippen LogP contribution in [-0.2, 0) is 0 Å². The predicted molar refractivity (Wildman–Crippen MR) is 189 cm³/mol. The summed E-state index contributed by atoms with van der Waals surface area (Å²) in [6.45, 7) is 3.41. The van der Waals surface area contributed by atoms with Gasteiger partial charge in [0.05, 0.1) is 0 Å². The van der Waals surface area contributed by atoms with Crippen molar-refractivity contribution in [3.8, 4) is 143 Å². The number of halogens is 5. The molecular formula is C26H23ClI4KN4NaO2. The maximum absolute atomic E-state index is 8.00. The number of terminal acetylenes is 2. The van der Waals surface area contributed by atoms with Crippen LogP contribution in [0.5, 0.6) is 0 Å². The molecule has 0 fully saturated rings. The molecule has 0 aromatic heterocycles. The van der Waals surface area contributed by atoms with E-state index in [-0.39, 0.29) is 196 Å². The van der Waals surface area contributed by atoms with E-state index in [0.717, 1.165) is 5.34 Å². The number of hydrogen-bond acceptors (Lipinski definition) is 4. The molecule has 1 N–H and O–H groups in total. The van der Waals surface area contributed by atoms with Gasteiger partial charge in [-0.1, -0.05) is 11.8 Å². The summed E-state index contributed by atoms with van der Waals surface area (Å²) in [7, 11) is 0. The molecule has 0 spiro atoms. The summed E-state index contributed by atoms with van der Waals surface area (Å²) in [5.41, 5.74) is 12.2. The maximum Gasteiger partial charge on any atom is 1.00 e. The van der Waals surface area contributed by atoms with Gasteiger partial charge in [-0.25, -0.2) is 0 Å². The first-order valence-electron chi connectivity index (χ1n) is 7.37. The van der Waals surface area contributed by atoms with Crippen molar-refractivity contribution in [2.45, 2.75) is 13.8 Å². The maximum atomic E-state index is 8.00. The number of nitrogens with one attached hydrogen (secondary N) is 1. The average molecular weight is 1030 g/mol. The van der Waals surface area contributed by atoms with Crippen LogP contribution in [0.3, 0.4) is 0 Å². The molecule has 0 aliphatic carbocycles. The third-order valence-corrected chi connectivity index (χ3v) is 1.39. The summed E-state index contributed by atoms with van der Waals surface area (Å²) in [6.07, 6.45) is 9.72. The van der Waals surface area contributed by atoms with Gasteiger partial charge in [0.15, 0.2) is 0 Å². The van der Waals surface area contributed by atoms with E-state index in [2.05, 4.69) is 130 Å². The van der Waals surface area contributed by atoms with Gasteiger partial charge in [-0.15, -0.1) is 108 Å². The van der Waals surface area contributed by atoms with Gasteiger partial charge in [-0.2, -0.15) is 0 Å². The molecule has 0 radical (unpaired) electrons. The predicted octanol–water partition coefficient (Wildman–Crippen LogP) is -3.04. The van der Waals surface area contributed by atoms with Crippen molar-refractivity contribution >= 4 is 84.3 Å². The largest absolute Gasteiger partial charge is 1.00 e. The van der Waals surface area contributed by atoms with Gasteiger partial charge in [0.25, 0.3) is 0 Å². The third kappa shape index (κ3) is 125. The van der Waals surface area contributed by atoms with E-state index in [4.69, 9.17) is 34.0 Å². The third-order valence-electron chi connectivity index (χ3n) is 1.39. The smallest absolute Gasteiger partial charge is 1.00 e. The molecule has 0 bridgehead atoms. The van der Waals surface area contributed by atoms with Gasteiger partial charge in [0.1, 0.15) is 0 Å². The molecule has 0 atom stereocenters. The minimum Gasteiger partial charge on any atom is -1.00 e. The van der Waals surface area contributed by atoms with Gasteiger partial charge < -0.3 is 34.1 Å². The van der Waals surface area contributed by atoms with E-state index in [1.165, 1.54) is 0 Å². The molecule has 196 valence electrons. The topological polar surface area (TPSA) is 113 Å². The standard InChI is InChI=1S/2C13H4.ClH.4HI.K.HN3.HNO2.Na.5H2/c2*1-3-5-7-9-11-13-12-10-8-6-4-2;;;;;;;1-3-2;2-1-3;;;;;;/h2*1H,2H3;5*1H;;1H;(H,2,3);;5*1H/q;;;;;;;+1;;;+1;;;;;/p-2. The fourth-order valence-corrected chi connectivity index (χ4v) is 0.635. The van der Waals surface area contributed by atoms with Crippen LogP contribution >= 0.6 is 84.3 Å². The van der Waals surface area contributed by atoms with Crippen LogP contribution in [0.4, 0.5) is 0 Å². The van der Waals surface area contributed by atoms with Gasteiger partial charge in [-0.05, 0) is 143 Å². The molecule has 0 heterocycles. The Bertz CT molecular complexity index is 1320. The first kappa shape index (κ1) is 71.5. The first-order chi connectivity index (χ1) is 15.7. The van der Waals surface area contributed by atoms with Crippen molar-refractivity contribution in [1.29, 1.82) is 5.53 Å². The SMILES string of the molecule is C#CC#CC#CC#CC#CC#CC.C#CC#CC#CC#CC#CC#CC.Cl.I.I.I.O=N[O-].[HH].[HH].[HH].[HH].[HH].[I-].[K+].[N-]=[N+]=N.[Na+]. The zero-order valence-electron chi connectivity index (χ0n) is 20.8. The Labute approximate surface area is 378 Å². The van der Waals surface area contributed by atoms with Crippen LogP contribution in [0.2, 0.25) is 0 Å². The Morgan fingerprint density at radius 1 is 0.667 bits per heavy atom. The molecule has 0 rings (SSSR count). The molecule has 6 nitrogen and oxygen atoms in total. The Morgan fingerprint density at radius 2 is 0.795 bits per heavy atom. The summed E-state index contributed by atoms with van der Waals surface area (Å²) < 4.78 is 0. The summed E-state index contributed by atoms with van der Waals surface area (Å²) in [5.74, 6) is 53.9. The van der Waals surface area contributed by atoms with E-state index >= 15 is 0 Å². The van der Waals surface area contributed by atoms with E-state index < -0.39 is 0 Å². The monoisotopic (exact) mass is 1030 g/mol. The molecule has 0 aliphatic rings. The molecule has 0 saturated heterocycles. The van der Waals surface area contributed by atoms with Gasteiger partial charge in [0.2, 0.25) is 0 Å². The normalized spacial score (nSPS) is 2.97. The van der Waals surface area contributed by atoms with Crippen molar-refractivity contribution in [2.75, 3.05) is 0 Å². The van der Waals surface area contributed by atoms with Crippen LogP contribution in [0.1, 0.15) is 21.0 Å². The Morgan fingerprint density at radius 3 is 0.923 bits per heavy atom. The minimum atomic E-state index is 0. The van der Waals surface area contributed by atoms with Crippen LogP contribution in [-0.4, -0.2) is 0 Å². The molecular weight excluding hydrogens is 1010 g/mol. The number of hydrogen-bond donors (Lipinski definition) is 1. The Hall–Kier alpha value is -0.724. The van der Waals surface area contributed by atoms with E-state index in [9.17, 15) is 0 Å². The van der Waals surface area contributed by atoms with Gasteiger partial charge >= 0.3 is 80.9 Å². The van der Waals surface area contributed by atoms with E-state index in [0.29, 0.717) is 0 Å². The molecule has 0 aromatic carbocycles. The fourth-order valence-electron chi connectivity index (χ4n) is 0.635. The average Bonchev–Trinajstić information content (AvgIpc) is 2.78. The molecule has 39 heavy (non-hydrogen) atoms. The van der Waals surface area contributed by atoms with Crippen LogP contribution in [0.15, 0.2) is 5.34 Å². The van der Waals surface area contributed by atoms with Crippen molar-refractivity contribution < 1.29 is 112 Å². The van der Waals surface area contributed by atoms with Gasteiger partial charge in [0, 0.05) is 7.13 Å². The molecule has 13 heteroatoms. The van der Waals surface area contributed by atoms with Crippen LogP contribution in [0.25, 0.3) is 10.4 Å². The van der Waals surface area contributed by atoms with Gasteiger partial charge in [-0.3, -0.25) is 0 Å². The quantitative estimate of drug-likeness (QED) is 0.0408. The number of rotatable bonds is 0. The number of nitrogens with zero attached hydrogens (tertiary/aromatic N) is 3. The van der Waals surface area contributed by atoms with Crippen LogP contribution in [0, 0.1) is 159 Å². The first-order valence-corrected chi connectivity index (χ1v) is 7.37. The second-order valence-corrected chi connectivity index (χ2v) is 3.21. The Kier molecular flexibility index (Phi) is 166. The van der Waals surface area contributed by atoms with Crippen molar-refractivity contribution in [3.63, 3.8) is 0 Å². The zero-order chi connectivity index (χ0) is 25.0. The van der Waals surface area contributed by atoms with E-state index in [1.807, 2.05) is 0 Å². The molecule has 0 aliphatic heterocycles. The molecule has 0 saturated carbocycles. The summed E-state index contributed by atoms with van der Waals surface area (Å²) >= 11 is 0. The van der Waals surface area contributed by atoms with Crippen molar-refractivity contribution in [3.05, 3.63) is 20.6 Å². The molecule has 0 unspecified atom stereocenters. The summed E-state index contributed by atoms with van der Waals surface area (Å²) in [4.78, 5) is 9.75. The Balaban J connectivity index is -0.0000000174. The minimum absolute atomic E-state index is 0. The zero-order valence-corrected chi connectivity index (χ0v) is 35.9. The van der Waals surface area contributed by atoms with E-state index in [1.54, 1.807) is 18.8 Å². The fraction of sp³-hybridized carbons (Fsp3) is 0.0769. The summed E-state index contributed by atoms with van der Waals surface area (Å²) in [5, 5.41) is 9.00. The van der Waals surface area contributed by atoms with Crippen LogP contribution < -0.4 is 105 Å². The van der Waals surface area contributed by atoms with Crippen molar-refractivity contribution in [2.24, 2.45) is 5.34 Å². The molecule has 0 amide bonds. The van der Waals surface area contributed by atoms with Crippen molar-refractivity contribution in [1.82, 2.24) is 0 Å². The second kappa shape index (κ2) is 90.5. The molecule has 0 aromatic rings. The second-order valence-electron chi connectivity index (χ2n) is 3.21.